The molecule has 0 aromatic heterocycles. The highest BCUT2D eigenvalue weighted by atomic mass is 16.2. The Morgan fingerprint density at radius 1 is 0.852 bits per heavy atom. The summed E-state index contributed by atoms with van der Waals surface area (Å²) in [6, 6.07) is 12.9. The molecule has 4 nitrogen and oxygen atoms in total. The largest absolute Gasteiger partial charge is 0.348 e. The topological polar surface area (TPSA) is 58.2 Å². The predicted octanol–water partition coefficient (Wildman–Crippen LogP) is 4.24. The van der Waals surface area contributed by atoms with E-state index in [1.54, 1.807) is 6.07 Å². The van der Waals surface area contributed by atoms with Crippen LogP contribution in [0.4, 0.5) is 0 Å². The Balaban J connectivity index is 2.14. The Hall–Kier alpha value is -2.62. The van der Waals surface area contributed by atoms with E-state index in [-0.39, 0.29) is 23.8 Å². The van der Waals surface area contributed by atoms with Crippen LogP contribution in [0.5, 0.6) is 0 Å². The minimum atomic E-state index is -0.593. The smallest absolute Gasteiger partial charge is 0.252 e. The zero-order valence-electron chi connectivity index (χ0n) is 17.1. The highest BCUT2D eigenvalue weighted by molar-refractivity contribution is 5.98. The van der Waals surface area contributed by atoms with Crippen LogP contribution in [0.1, 0.15) is 59.4 Å². The molecule has 0 spiro atoms. The lowest BCUT2D eigenvalue weighted by Gasteiger charge is -2.25. The number of carbonyl (C=O) groups excluding carboxylic acids is 2. The third-order valence-electron chi connectivity index (χ3n) is 4.89. The van der Waals surface area contributed by atoms with Crippen LogP contribution in [0.2, 0.25) is 0 Å². The molecule has 0 heterocycles. The molecule has 0 aliphatic carbocycles. The van der Waals surface area contributed by atoms with E-state index < -0.39 is 6.04 Å². The van der Waals surface area contributed by atoms with Crippen LogP contribution in [0.3, 0.4) is 0 Å². The van der Waals surface area contributed by atoms with Crippen molar-refractivity contribution in [3.63, 3.8) is 0 Å². The molecule has 0 fully saturated rings. The van der Waals surface area contributed by atoms with Gasteiger partial charge in [-0.05, 0) is 56.4 Å². The predicted molar refractivity (Wildman–Crippen MR) is 110 cm³/mol. The van der Waals surface area contributed by atoms with Gasteiger partial charge in [0.2, 0.25) is 5.91 Å². The van der Waals surface area contributed by atoms with Gasteiger partial charge in [-0.3, -0.25) is 9.59 Å². The first kappa shape index (κ1) is 20.7. The van der Waals surface area contributed by atoms with Crippen molar-refractivity contribution in [2.45, 2.75) is 53.6 Å². The second-order valence-corrected chi connectivity index (χ2v) is 7.60. The molecule has 2 N–H and O–H groups in total. The molecule has 2 rings (SSSR count). The average Bonchev–Trinajstić information content (AvgIpc) is 2.61. The normalized spacial score (nSPS) is 13.1. The van der Waals surface area contributed by atoms with E-state index in [4.69, 9.17) is 0 Å². The third kappa shape index (κ3) is 5.19. The minimum absolute atomic E-state index is 0.0243. The summed E-state index contributed by atoms with van der Waals surface area (Å²) in [5.74, 6) is -0.412. The van der Waals surface area contributed by atoms with E-state index in [2.05, 4.69) is 28.8 Å². The number of rotatable bonds is 6. The average molecular weight is 367 g/mol. The number of aryl methyl sites for hydroxylation is 3. The molecule has 144 valence electrons. The summed E-state index contributed by atoms with van der Waals surface area (Å²) in [5, 5.41) is 5.97. The van der Waals surface area contributed by atoms with Gasteiger partial charge in [-0.1, -0.05) is 55.8 Å². The molecule has 2 amide bonds. The highest BCUT2D eigenvalue weighted by Crippen LogP contribution is 2.19. The number of benzene rings is 2. The first-order chi connectivity index (χ1) is 12.7. The van der Waals surface area contributed by atoms with Crippen LogP contribution in [-0.4, -0.2) is 17.9 Å². The number of carbonyl (C=O) groups is 2. The summed E-state index contributed by atoms with van der Waals surface area (Å²) in [6.45, 7) is 11.8. The quantitative estimate of drug-likeness (QED) is 0.803. The summed E-state index contributed by atoms with van der Waals surface area (Å²) < 4.78 is 0. The third-order valence-corrected chi connectivity index (χ3v) is 4.89. The molecule has 0 saturated heterocycles. The van der Waals surface area contributed by atoms with Gasteiger partial charge in [-0.2, -0.15) is 0 Å². The van der Waals surface area contributed by atoms with Gasteiger partial charge in [0.15, 0.2) is 0 Å². The molecule has 2 aromatic rings. The number of hydrogen-bond acceptors (Lipinski definition) is 2. The molecule has 2 atom stereocenters. The van der Waals surface area contributed by atoms with Crippen molar-refractivity contribution in [2.75, 3.05) is 0 Å². The van der Waals surface area contributed by atoms with Gasteiger partial charge >= 0.3 is 0 Å². The van der Waals surface area contributed by atoms with Gasteiger partial charge < -0.3 is 10.6 Å². The van der Waals surface area contributed by atoms with Crippen LogP contribution in [-0.2, 0) is 4.79 Å². The SMILES string of the molecule is Cc1ccc(C)c([C@H](C)NC(=O)[C@@H](NC(=O)c2ccccc2C)C(C)C)c1. The zero-order chi connectivity index (χ0) is 20.1. The molecule has 4 heteroatoms. The lowest BCUT2D eigenvalue weighted by Crippen LogP contribution is -2.50. The van der Waals surface area contributed by atoms with Gasteiger partial charge in [0.1, 0.15) is 6.04 Å². The van der Waals surface area contributed by atoms with Gasteiger partial charge in [0.25, 0.3) is 5.91 Å². The summed E-state index contributed by atoms with van der Waals surface area (Å²) >= 11 is 0. The Morgan fingerprint density at radius 2 is 1.52 bits per heavy atom. The maximum absolute atomic E-state index is 12.9. The molecule has 27 heavy (non-hydrogen) atoms. The number of nitrogens with one attached hydrogen (secondary N) is 2. The molecule has 0 aliphatic heterocycles. The lowest BCUT2D eigenvalue weighted by atomic mass is 9.98. The van der Waals surface area contributed by atoms with E-state index in [9.17, 15) is 9.59 Å². The Bertz CT molecular complexity index is 827. The molecule has 0 radical (unpaired) electrons. The number of hydrogen-bond donors (Lipinski definition) is 2. The van der Waals surface area contributed by atoms with Crippen molar-refractivity contribution in [3.8, 4) is 0 Å². The summed E-state index contributed by atoms with van der Waals surface area (Å²) in [4.78, 5) is 25.5. The Kier molecular flexibility index (Phi) is 6.78. The molecule has 2 aromatic carbocycles. The molecule has 0 unspecified atom stereocenters. The fourth-order valence-electron chi connectivity index (χ4n) is 3.19. The summed E-state index contributed by atoms with van der Waals surface area (Å²) in [7, 11) is 0. The van der Waals surface area contributed by atoms with Crippen molar-refractivity contribution < 1.29 is 9.59 Å². The van der Waals surface area contributed by atoms with Crippen LogP contribution < -0.4 is 10.6 Å². The van der Waals surface area contributed by atoms with E-state index in [1.165, 1.54) is 0 Å². The van der Waals surface area contributed by atoms with Gasteiger partial charge in [-0.25, -0.2) is 0 Å². The van der Waals surface area contributed by atoms with Crippen molar-refractivity contribution in [1.29, 1.82) is 0 Å². The van der Waals surface area contributed by atoms with E-state index in [0.717, 1.165) is 22.3 Å². The molecule has 0 saturated carbocycles. The van der Waals surface area contributed by atoms with Crippen LogP contribution in [0, 0.1) is 26.7 Å². The fourth-order valence-corrected chi connectivity index (χ4v) is 3.19. The van der Waals surface area contributed by atoms with Gasteiger partial charge in [0.05, 0.1) is 6.04 Å². The zero-order valence-corrected chi connectivity index (χ0v) is 17.1. The first-order valence-electron chi connectivity index (χ1n) is 9.44. The van der Waals surface area contributed by atoms with E-state index in [0.29, 0.717) is 5.56 Å². The molecular weight excluding hydrogens is 336 g/mol. The van der Waals surface area contributed by atoms with E-state index >= 15 is 0 Å². The number of amides is 2. The second kappa shape index (κ2) is 8.85. The van der Waals surface area contributed by atoms with Crippen molar-refractivity contribution in [3.05, 3.63) is 70.3 Å². The minimum Gasteiger partial charge on any atom is -0.348 e. The standard InChI is InChI=1S/C23H30N2O2/c1-14(2)21(25-22(26)19-10-8-7-9-16(19)4)23(27)24-18(6)20-13-15(3)11-12-17(20)5/h7-14,18,21H,1-6H3,(H,24,27)(H,25,26)/t18-,21-/m0/s1. The van der Waals surface area contributed by atoms with Crippen LogP contribution in [0.15, 0.2) is 42.5 Å². The lowest BCUT2D eigenvalue weighted by molar-refractivity contribution is -0.124. The fraction of sp³-hybridized carbons (Fsp3) is 0.391. The monoisotopic (exact) mass is 366 g/mol. The molecule has 0 bridgehead atoms. The summed E-state index contributed by atoms with van der Waals surface area (Å²) in [5.41, 5.74) is 4.87. The van der Waals surface area contributed by atoms with Gasteiger partial charge in [0, 0.05) is 5.56 Å². The Morgan fingerprint density at radius 3 is 2.15 bits per heavy atom. The maximum Gasteiger partial charge on any atom is 0.252 e. The molecular formula is C23H30N2O2. The highest BCUT2D eigenvalue weighted by Gasteiger charge is 2.26. The molecule has 0 aliphatic rings. The second-order valence-electron chi connectivity index (χ2n) is 7.60. The van der Waals surface area contributed by atoms with Crippen LogP contribution in [0.25, 0.3) is 0 Å². The first-order valence-corrected chi connectivity index (χ1v) is 9.44. The van der Waals surface area contributed by atoms with Crippen molar-refractivity contribution in [2.24, 2.45) is 5.92 Å². The Labute approximate surface area is 162 Å². The maximum atomic E-state index is 12.9. The van der Waals surface area contributed by atoms with E-state index in [1.807, 2.05) is 59.7 Å². The van der Waals surface area contributed by atoms with Crippen molar-refractivity contribution in [1.82, 2.24) is 10.6 Å². The van der Waals surface area contributed by atoms with Gasteiger partial charge in [-0.15, -0.1) is 0 Å². The van der Waals surface area contributed by atoms with Crippen molar-refractivity contribution >= 4 is 11.8 Å². The summed E-state index contributed by atoms with van der Waals surface area (Å²) in [6.07, 6.45) is 0. The van der Waals surface area contributed by atoms with Crippen LogP contribution >= 0.6 is 0 Å².